The first kappa shape index (κ1) is 33.3. The number of rotatable bonds is 12. The first-order chi connectivity index (χ1) is 22.1. The quantitative estimate of drug-likeness (QED) is 0.288. The number of nitrogens with zero attached hydrogens (tertiary/aromatic N) is 5. The number of methoxy groups -OCH3 is 1. The molecule has 0 bridgehead atoms. The van der Waals surface area contributed by atoms with Crippen LogP contribution in [0.5, 0.6) is 0 Å². The molecule has 10 nitrogen and oxygen atoms in total. The molecule has 10 heteroatoms. The van der Waals surface area contributed by atoms with Crippen molar-refractivity contribution in [2.75, 3.05) is 39.9 Å². The molecule has 46 heavy (non-hydrogen) atoms. The van der Waals surface area contributed by atoms with Gasteiger partial charge in [-0.2, -0.15) is 0 Å². The third-order valence-electron chi connectivity index (χ3n) is 9.72. The number of pyridine rings is 1. The number of ether oxygens (including phenoxy) is 2. The summed E-state index contributed by atoms with van der Waals surface area (Å²) in [6.07, 6.45) is 7.98. The Hall–Kier alpha value is -4.02. The Bertz CT molecular complexity index is 1560. The number of carbonyl (C=O) groups excluding carboxylic acids is 2. The molecule has 2 amide bonds. The highest BCUT2D eigenvalue weighted by atomic mass is 16.6. The third kappa shape index (κ3) is 7.03. The zero-order chi connectivity index (χ0) is 33.0. The van der Waals surface area contributed by atoms with E-state index >= 15 is 0 Å². The lowest BCUT2D eigenvalue weighted by Crippen LogP contribution is -2.51. The molecule has 1 aliphatic heterocycles. The van der Waals surface area contributed by atoms with Gasteiger partial charge in [0.1, 0.15) is 12.2 Å². The number of benzene rings is 1. The Kier molecular flexibility index (Phi) is 10.3. The highest BCUT2D eigenvalue weighted by Crippen LogP contribution is 2.47. The molecule has 0 spiro atoms. The second kappa shape index (κ2) is 14.2. The van der Waals surface area contributed by atoms with E-state index < -0.39 is 6.04 Å². The SMILES string of the molecule is C=C(c1cc(C)ccc1C(c1ncccc1C)N1CCN(C(=O)OC2(C(C)CC)CC2)CC1)C(NC(=O)COC)c1cncn1C. The summed E-state index contributed by atoms with van der Waals surface area (Å²) in [4.78, 5) is 39.6. The zero-order valence-electron chi connectivity index (χ0n) is 28.1. The Morgan fingerprint density at radius 3 is 2.48 bits per heavy atom. The molecule has 3 unspecified atom stereocenters. The maximum atomic E-state index is 13.3. The van der Waals surface area contributed by atoms with Crippen LogP contribution in [0.2, 0.25) is 0 Å². The van der Waals surface area contributed by atoms with Gasteiger partial charge in [-0.05, 0) is 67.4 Å². The van der Waals surface area contributed by atoms with E-state index in [2.05, 4.69) is 73.7 Å². The van der Waals surface area contributed by atoms with Gasteiger partial charge >= 0.3 is 6.09 Å². The molecular formula is C36H48N6O4. The Labute approximate surface area is 272 Å². The van der Waals surface area contributed by atoms with Gasteiger partial charge in [0.2, 0.25) is 5.91 Å². The van der Waals surface area contributed by atoms with Crippen molar-refractivity contribution >= 4 is 17.6 Å². The second-order valence-corrected chi connectivity index (χ2v) is 12.9. The molecule has 1 aliphatic carbocycles. The largest absolute Gasteiger partial charge is 0.443 e. The number of aromatic nitrogens is 3. The van der Waals surface area contributed by atoms with Crippen molar-refractivity contribution in [2.24, 2.45) is 13.0 Å². The number of amides is 2. The smallest absolute Gasteiger partial charge is 0.410 e. The van der Waals surface area contributed by atoms with E-state index in [-0.39, 0.29) is 30.3 Å². The predicted octanol–water partition coefficient (Wildman–Crippen LogP) is 5.37. The summed E-state index contributed by atoms with van der Waals surface area (Å²) in [6.45, 7) is 15.4. The molecule has 3 heterocycles. The van der Waals surface area contributed by atoms with Crippen LogP contribution >= 0.6 is 0 Å². The number of aryl methyl sites for hydroxylation is 3. The molecule has 1 N–H and O–H groups in total. The zero-order valence-corrected chi connectivity index (χ0v) is 28.1. The van der Waals surface area contributed by atoms with Crippen LogP contribution in [0, 0.1) is 19.8 Å². The van der Waals surface area contributed by atoms with Gasteiger partial charge in [-0.3, -0.25) is 14.7 Å². The monoisotopic (exact) mass is 628 g/mol. The maximum absolute atomic E-state index is 13.3. The number of hydrogen-bond acceptors (Lipinski definition) is 7. The summed E-state index contributed by atoms with van der Waals surface area (Å²) < 4.78 is 13.1. The van der Waals surface area contributed by atoms with E-state index in [4.69, 9.17) is 14.5 Å². The van der Waals surface area contributed by atoms with Crippen LogP contribution in [0.3, 0.4) is 0 Å². The number of nitrogens with one attached hydrogen (secondary N) is 1. The second-order valence-electron chi connectivity index (χ2n) is 12.9. The van der Waals surface area contributed by atoms with Crippen molar-refractivity contribution < 1.29 is 19.1 Å². The Morgan fingerprint density at radius 2 is 1.87 bits per heavy atom. The van der Waals surface area contributed by atoms with E-state index in [1.165, 1.54) is 7.11 Å². The van der Waals surface area contributed by atoms with Crippen LogP contribution in [-0.4, -0.2) is 81.8 Å². The standard InChI is InChI=1S/C36H48N6O4/c1-8-26(4)36(13-14-36)46-35(44)42-18-16-41(17-19-42)34(32-25(3)10-9-15-38-32)28-12-11-24(2)20-29(28)27(5)33(39-31(43)22-45-7)30-21-37-23-40(30)6/h9-12,15,20-21,23,26,33-34H,5,8,13-14,16-19,22H2,1-4,6-7H3,(H,39,43). The molecule has 2 aromatic heterocycles. The maximum Gasteiger partial charge on any atom is 0.410 e. The van der Waals surface area contributed by atoms with Crippen molar-refractivity contribution in [1.82, 2.24) is 29.7 Å². The van der Waals surface area contributed by atoms with Gasteiger partial charge in [-0.25, -0.2) is 9.78 Å². The molecular weight excluding hydrogens is 580 g/mol. The van der Waals surface area contributed by atoms with Crippen molar-refractivity contribution in [2.45, 2.75) is 64.6 Å². The van der Waals surface area contributed by atoms with E-state index in [1.54, 1.807) is 12.5 Å². The fraction of sp³-hybridized carbons (Fsp3) is 0.500. The summed E-state index contributed by atoms with van der Waals surface area (Å²) in [5, 5.41) is 3.12. The lowest BCUT2D eigenvalue weighted by Gasteiger charge is -2.40. The minimum absolute atomic E-state index is 0.0662. The topological polar surface area (TPSA) is 102 Å². The minimum Gasteiger partial charge on any atom is -0.443 e. The van der Waals surface area contributed by atoms with Crippen LogP contribution in [0.1, 0.15) is 78.8 Å². The molecule has 0 radical (unpaired) electrons. The van der Waals surface area contributed by atoms with Crippen LogP contribution in [0.25, 0.3) is 5.57 Å². The highest BCUT2D eigenvalue weighted by Gasteiger charge is 2.51. The van der Waals surface area contributed by atoms with Gasteiger partial charge in [0, 0.05) is 46.5 Å². The molecule has 1 aromatic carbocycles. The fourth-order valence-electron chi connectivity index (χ4n) is 6.55. The van der Waals surface area contributed by atoms with Crippen LogP contribution in [0.15, 0.2) is 55.6 Å². The van der Waals surface area contributed by atoms with Crippen molar-refractivity contribution in [3.63, 3.8) is 0 Å². The lowest BCUT2D eigenvalue weighted by atomic mass is 9.86. The predicted molar refractivity (Wildman–Crippen MR) is 178 cm³/mol. The van der Waals surface area contributed by atoms with E-state index in [0.29, 0.717) is 32.1 Å². The van der Waals surface area contributed by atoms with E-state index in [0.717, 1.165) is 58.5 Å². The van der Waals surface area contributed by atoms with Crippen LogP contribution in [0.4, 0.5) is 4.79 Å². The molecule has 5 rings (SSSR count). The van der Waals surface area contributed by atoms with Gasteiger partial charge in [-0.15, -0.1) is 0 Å². The average molecular weight is 629 g/mol. The Morgan fingerprint density at radius 1 is 1.13 bits per heavy atom. The molecule has 246 valence electrons. The molecule has 1 saturated heterocycles. The van der Waals surface area contributed by atoms with Gasteiger partial charge < -0.3 is 24.3 Å². The van der Waals surface area contributed by atoms with Crippen molar-refractivity contribution in [1.29, 1.82) is 0 Å². The first-order valence-electron chi connectivity index (χ1n) is 16.3. The van der Waals surface area contributed by atoms with Gasteiger partial charge in [-0.1, -0.05) is 50.3 Å². The number of piperazine rings is 1. The minimum atomic E-state index is -0.534. The van der Waals surface area contributed by atoms with Crippen molar-refractivity contribution in [3.8, 4) is 0 Å². The summed E-state index contributed by atoms with van der Waals surface area (Å²) in [6, 6.07) is 9.68. The number of carbonyl (C=O) groups is 2. The van der Waals surface area contributed by atoms with Crippen molar-refractivity contribution in [3.05, 3.63) is 89.3 Å². The summed E-state index contributed by atoms with van der Waals surface area (Å²) >= 11 is 0. The number of imidazole rings is 1. The summed E-state index contributed by atoms with van der Waals surface area (Å²) in [5.74, 6) is 0.113. The third-order valence-corrected chi connectivity index (χ3v) is 9.72. The molecule has 2 aliphatic rings. The average Bonchev–Trinajstić information content (AvgIpc) is 3.71. The normalized spacial score (nSPS) is 18.0. The number of hydrogen-bond donors (Lipinski definition) is 1. The Balaban J connectivity index is 1.48. The van der Waals surface area contributed by atoms with E-state index in [1.807, 2.05) is 28.8 Å². The highest BCUT2D eigenvalue weighted by molar-refractivity contribution is 5.82. The molecule has 1 saturated carbocycles. The fourth-order valence-corrected chi connectivity index (χ4v) is 6.55. The van der Waals surface area contributed by atoms with Gasteiger partial charge in [0.25, 0.3) is 0 Å². The van der Waals surface area contributed by atoms with Gasteiger partial charge in [0.15, 0.2) is 0 Å². The molecule has 3 aromatic rings. The van der Waals surface area contributed by atoms with E-state index in [9.17, 15) is 9.59 Å². The summed E-state index contributed by atoms with van der Waals surface area (Å²) in [7, 11) is 3.40. The van der Waals surface area contributed by atoms with Crippen LogP contribution in [-0.2, 0) is 21.3 Å². The van der Waals surface area contributed by atoms with Gasteiger partial charge in [0.05, 0.1) is 36.0 Å². The lowest BCUT2D eigenvalue weighted by molar-refractivity contribution is -0.125. The first-order valence-corrected chi connectivity index (χ1v) is 16.3. The summed E-state index contributed by atoms with van der Waals surface area (Å²) in [5.41, 5.74) is 6.33. The molecule has 3 atom stereocenters. The van der Waals surface area contributed by atoms with Crippen LogP contribution < -0.4 is 5.32 Å². The molecule has 2 fully saturated rings.